The van der Waals surface area contributed by atoms with Gasteiger partial charge in [0, 0.05) is 5.56 Å². The first-order chi connectivity index (χ1) is 9.72. The average Bonchev–Trinajstić information content (AvgIpc) is 2.49. The summed E-state index contributed by atoms with van der Waals surface area (Å²) >= 11 is 0. The zero-order valence-corrected chi connectivity index (χ0v) is 12.2. The van der Waals surface area contributed by atoms with Gasteiger partial charge in [0.15, 0.2) is 0 Å². The standard InChI is InChI=1S/C15H22N2O3/c1-3-20-15(18)17-10-8-16(9-11-17)12-13-4-6-14(19-2)7-5-13/h4-7H,3,8-12H2,1-2H3/p+1. The van der Waals surface area contributed by atoms with Gasteiger partial charge in [-0.2, -0.15) is 0 Å². The number of carbonyl (C=O) groups is 1. The summed E-state index contributed by atoms with van der Waals surface area (Å²) in [7, 11) is 1.68. The molecule has 5 nitrogen and oxygen atoms in total. The van der Waals surface area contributed by atoms with E-state index in [2.05, 4.69) is 12.1 Å². The lowest BCUT2D eigenvalue weighted by Gasteiger charge is -2.31. The van der Waals surface area contributed by atoms with Crippen LogP contribution in [0.2, 0.25) is 0 Å². The molecule has 2 rings (SSSR count). The number of hydrogen-bond acceptors (Lipinski definition) is 3. The molecule has 1 aromatic carbocycles. The molecular weight excluding hydrogens is 256 g/mol. The van der Waals surface area contributed by atoms with Crippen molar-refractivity contribution in [2.75, 3.05) is 39.9 Å². The van der Waals surface area contributed by atoms with Crippen LogP contribution in [0.5, 0.6) is 5.75 Å². The van der Waals surface area contributed by atoms with Crippen molar-refractivity contribution in [3.63, 3.8) is 0 Å². The molecular formula is C15H23N2O3+. The van der Waals surface area contributed by atoms with Crippen LogP contribution in [-0.4, -0.2) is 50.9 Å². The topological polar surface area (TPSA) is 43.2 Å². The number of ether oxygens (including phenoxy) is 2. The number of quaternary nitrogens is 1. The number of carbonyl (C=O) groups excluding carboxylic acids is 1. The third kappa shape index (κ3) is 3.87. The van der Waals surface area contributed by atoms with Crippen molar-refractivity contribution in [3.8, 4) is 5.75 Å². The van der Waals surface area contributed by atoms with E-state index < -0.39 is 0 Å². The summed E-state index contributed by atoms with van der Waals surface area (Å²) in [6.07, 6.45) is -0.184. The molecule has 1 N–H and O–H groups in total. The Labute approximate surface area is 120 Å². The molecule has 0 saturated carbocycles. The molecule has 5 heteroatoms. The van der Waals surface area contributed by atoms with Crippen LogP contribution in [0.3, 0.4) is 0 Å². The number of rotatable bonds is 4. The molecule has 1 aliphatic heterocycles. The van der Waals surface area contributed by atoms with Crippen molar-refractivity contribution in [3.05, 3.63) is 29.8 Å². The summed E-state index contributed by atoms with van der Waals surface area (Å²) in [5.41, 5.74) is 1.30. The van der Waals surface area contributed by atoms with Gasteiger partial charge in [-0.3, -0.25) is 4.90 Å². The Bertz CT molecular complexity index is 425. The zero-order valence-electron chi connectivity index (χ0n) is 12.2. The summed E-state index contributed by atoms with van der Waals surface area (Å²) in [4.78, 5) is 14.9. The molecule has 1 heterocycles. The van der Waals surface area contributed by atoms with Gasteiger partial charge in [0.2, 0.25) is 0 Å². The molecule has 1 aliphatic rings. The van der Waals surface area contributed by atoms with E-state index in [0.29, 0.717) is 6.61 Å². The summed E-state index contributed by atoms with van der Waals surface area (Å²) in [5, 5.41) is 0. The van der Waals surface area contributed by atoms with E-state index in [9.17, 15) is 4.79 Å². The van der Waals surface area contributed by atoms with Crippen LogP contribution < -0.4 is 9.64 Å². The number of amides is 1. The fraction of sp³-hybridized carbons (Fsp3) is 0.533. The van der Waals surface area contributed by atoms with Crippen LogP contribution in [0.15, 0.2) is 24.3 Å². The summed E-state index contributed by atoms with van der Waals surface area (Å²) in [5.74, 6) is 0.885. The Morgan fingerprint density at radius 2 is 1.90 bits per heavy atom. The second kappa shape index (κ2) is 7.14. The van der Waals surface area contributed by atoms with Gasteiger partial charge in [-0.05, 0) is 31.2 Å². The Morgan fingerprint density at radius 3 is 2.45 bits per heavy atom. The van der Waals surface area contributed by atoms with Gasteiger partial charge in [-0.15, -0.1) is 0 Å². The molecule has 20 heavy (non-hydrogen) atoms. The second-order valence-electron chi connectivity index (χ2n) is 4.96. The SMILES string of the molecule is CCOC(=O)N1CC[NH+](Cc2ccc(OC)cc2)CC1. The van der Waals surface area contributed by atoms with Crippen molar-refractivity contribution >= 4 is 6.09 Å². The third-order valence-corrected chi connectivity index (χ3v) is 3.61. The molecule has 0 spiro atoms. The van der Waals surface area contributed by atoms with Gasteiger partial charge < -0.3 is 14.4 Å². The molecule has 0 radical (unpaired) electrons. The first kappa shape index (κ1) is 14.7. The summed E-state index contributed by atoms with van der Waals surface area (Å²) in [6, 6.07) is 8.18. The first-order valence-corrected chi connectivity index (χ1v) is 7.11. The minimum atomic E-state index is -0.184. The summed E-state index contributed by atoms with van der Waals surface area (Å²) in [6.45, 7) is 6.73. The van der Waals surface area contributed by atoms with E-state index in [1.807, 2.05) is 19.1 Å². The maximum absolute atomic E-state index is 11.6. The fourth-order valence-electron chi connectivity index (χ4n) is 2.43. The predicted molar refractivity (Wildman–Crippen MR) is 76.0 cm³/mol. The third-order valence-electron chi connectivity index (χ3n) is 3.61. The maximum Gasteiger partial charge on any atom is 0.410 e. The monoisotopic (exact) mass is 279 g/mol. The van der Waals surface area contributed by atoms with Crippen LogP contribution >= 0.6 is 0 Å². The van der Waals surface area contributed by atoms with Crippen molar-refractivity contribution in [1.82, 2.24) is 4.90 Å². The molecule has 0 aliphatic carbocycles. The Hall–Kier alpha value is -1.75. The highest BCUT2D eigenvalue weighted by Crippen LogP contribution is 2.10. The van der Waals surface area contributed by atoms with Gasteiger partial charge in [0.05, 0.1) is 39.9 Å². The highest BCUT2D eigenvalue weighted by atomic mass is 16.6. The van der Waals surface area contributed by atoms with Crippen LogP contribution in [0.1, 0.15) is 12.5 Å². The van der Waals surface area contributed by atoms with Crippen molar-refractivity contribution in [1.29, 1.82) is 0 Å². The molecule has 1 aromatic rings. The molecule has 1 fully saturated rings. The zero-order chi connectivity index (χ0) is 14.4. The smallest absolute Gasteiger partial charge is 0.410 e. The van der Waals surface area contributed by atoms with Gasteiger partial charge in [-0.1, -0.05) is 0 Å². The summed E-state index contributed by atoms with van der Waals surface area (Å²) < 4.78 is 10.2. The van der Waals surface area contributed by atoms with Crippen molar-refractivity contribution in [2.24, 2.45) is 0 Å². The Kier molecular flexibility index (Phi) is 5.24. The van der Waals surface area contributed by atoms with Crippen LogP contribution in [-0.2, 0) is 11.3 Å². The highest BCUT2D eigenvalue weighted by molar-refractivity contribution is 5.67. The molecule has 1 saturated heterocycles. The Morgan fingerprint density at radius 1 is 1.25 bits per heavy atom. The normalized spacial score (nSPS) is 16.0. The fourth-order valence-corrected chi connectivity index (χ4v) is 2.43. The average molecular weight is 279 g/mol. The number of piperazine rings is 1. The molecule has 110 valence electrons. The molecule has 1 amide bonds. The van der Waals surface area contributed by atoms with E-state index in [4.69, 9.17) is 9.47 Å². The van der Waals surface area contributed by atoms with Gasteiger partial charge in [0.1, 0.15) is 12.3 Å². The van der Waals surface area contributed by atoms with E-state index in [0.717, 1.165) is 38.5 Å². The minimum Gasteiger partial charge on any atom is -0.497 e. The number of benzene rings is 1. The predicted octanol–water partition coefficient (Wildman–Crippen LogP) is 0.552. The van der Waals surface area contributed by atoms with Crippen LogP contribution in [0.25, 0.3) is 0 Å². The Balaban J connectivity index is 1.80. The number of nitrogens with one attached hydrogen (secondary N) is 1. The number of methoxy groups -OCH3 is 1. The number of hydrogen-bond donors (Lipinski definition) is 1. The number of nitrogens with zero attached hydrogens (tertiary/aromatic N) is 1. The van der Waals surface area contributed by atoms with E-state index >= 15 is 0 Å². The minimum absolute atomic E-state index is 0.184. The van der Waals surface area contributed by atoms with Crippen molar-refractivity contribution < 1.29 is 19.2 Å². The lowest BCUT2D eigenvalue weighted by Crippen LogP contribution is -3.13. The van der Waals surface area contributed by atoms with E-state index in [-0.39, 0.29) is 6.09 Å². The molecule has 0 bridgehead atoms. The quantitative estimate of drug-likeness (QED) is 0.875. The maximum atomic E-state index is 11.6. The highest BCUT2D eigenvalue weighted by Gasteiger charge is 2.24. The van der Waals surface area contributed by atoms with Gasteiger partial charge >= 0.3 is 6.09 Å². The van der Waals surface area contributed by atoms with Gasteiger partial charge in [0.25, 0.3) is 0 Å². The second-order valence-corrected chi connectivity index (χ2v) is 4.96. The van der Waals surface area contributed by atoms with Gasteiger partial charge in [-0.25, -0.2) is 4.79 Å². The first-order valence-electron chi connectivity index (χ1n) is 7.11. The lowest BCUT2D eigenvalue weighted by atomic mass is 10.2. The van der Waals surface area contributed by atoms with Crippen LogP contribution in [0, 0.1) is 0 Å². The van der Waals surface area contributed by atoms with Crippen molar-refractivity contribution in [2.45, 2.75) is 13.5 Å². The molecule has 0 atom stereocenters. The molecule has 0 unspecified atom stereocenters. The lowest BCUT2D eigenvalue weighted by molar-refractivity contribution is -0.917. The van der Waals surface area contributed by atoms with E-state index in [1.54, 1.807) is 12.0 Å². The molecule has 0 aromatic heterocycles. The van der Waals surface area contributed by atoms with Crippen LogP contribution in [0.4, 0.5) is 4.79 Å². The largest absolute Gasteiger partial charge is 0.497 e. The van der Waals surface area contributed by atoms with E-state index in [1.165, 1.54) is 10.5 Å².